The number of aliphatic carboxylic acids is 1. The Kier molecular flexibility index (Phi) is 4.70. The van der Waals surface area contributed by atoms with Crippen LogP contribution in [0, 0.1) is 0 Å². The molecule has 3 atom stereocenters. The third-order valence-corrected chi connectivity index (χ3v) is 2.61. The fourth-order valence-corrected chi connectivity index (χ4v) is 1.74. The van der Waals surface area contributed by atoms with Gasteiger partial charge in [-0.1, -0.05) is 0 Å². The van der Waals surface area contributed by atoms with Gasteiger partial charge in [0.1, 0.15) is 0 Å². The lowest BCUT2D eigenvalue weighted by Gasteiger charge is -2.15. The van der Waals surface area contributed by atoms with Crippen molar-refractivity contribution in [2.24, 2.45) is 0 Å². The maximum Gasteiger partial charge on any atom is 0.305 e. The van der Waals surface area contributed by atoms with Gasteiger partial charge in [0.2, 0.25) is 5.91 Å². The van der Waals surface area contributed by atoms with E-state index >= 15 is 0 Å². The number of methoxy groups -OCH3 is 1. The van der Waals surface area contributed by atoms with E-state index in [-0.39, 0.29) is 30.5 Å². The number of nitrogens with one attached hydrogen (secondary N) is 2. The van der Waals surface area contributed by atoms with E-state index in [1.807, 2.05) is 0 Å². The summed E-state index contributed by atoms with van der Waals surface area (Å²) in [6.07, 6.45) is 0.624. The smallest absolute Gasteiger partial charge is 0.305 e. The Morgan fingerprint density at radius 1 is 1.62 bits per heavy atom. The summed E-state index contributed by atoms with van der Waals surface area (Å²) >= 11 is 0. The minimum Gasteiger partial charge on any atom is -0.481 e. The molecule has 0 aliphatic carbocycles. The highest BCUT2D eigenvalue weighted by atomic mass is 16.5. The van der Waals surface area contributed by atoms with E-state index in [0.29, 0.717) is 13.0 Å². The average molecular weight is 230 g/mol. The number of carboxylic acid groups (broad SMARTS) is 1. The number of hydrogen-bond donors (Lipinski definition) is 3. The second kappa shape index (κ2) is 5.81. The molecule has 0 aromatic carbocycles. The van der Waals surface area contributed by atoms with Crippen LogP contribution in [-0.4, -0.2) is 48.8 Å². The quantitative estimate of drug-likeness (QED) is 0.583. The average Bonchev–Trinajstić information content (AvgIpc) is 2.64. The normalized spacial score (nSPS) is 26.4. The highest BCUT2D eigenvalue weighted by Gasteiger charge is 2.29. The number of rotatable bonds is 5. The van der Waals surface area contributed by atoms with Gasteiger partial charge in [0.05, 0.1) is 18.6 Å². The first-order valence-corrected chi connectivity index (χ1v) is 5.31. The fraction of sp³-hybridized carbons (Fsp3) is 0.800. The van der Waals surface area contributed by atoms with Gasteiger partial charge in [-0.15, -0.1) is 0 Å². The highest BCUT2D eigenvalue weighted by Crippen LogP contribution is 2.09. The van der Waals surface area contributed by atoms with Gasteiger partial charge in [-0.05, 0) is 13.3 Å². The Hall–Kier alpha value is -1.14. The van der Waals surface area contributed by atoms with E-state index in [9.17, 15) is 9.59 Å². The first-order valence-electron chi connectivity index (χ1n) is 5.31. The molecule has 0 aromatic heterocycles. The molecule has 3 N–H and O–H groups in total. The topological polar surface area (TPSA) is 87.7 Å². The predicted octanol–water partition coefficient (Wildman–Crippen LogP) is -0.657. The number of carbonyl (C=O) groups excluding carboxylic acids is 1. The summed E-state index contributed by atoms with van der Waals surface area (Å²) < 4.78 is 5.12. The lowest BCUT2D eigenvalue weighted by atomic mass is 10.1. The molecule has 1 aliphatic heterocycles. The molecule has 92 valence electrons. The number of carbonyl (C=O) groups is 2. The summed E-state index contributed by atoms with van der Waals surface area (Å²) in [5.41, 5.74) is 0. The molecule has 1 aliphatic rings. The van der Waals surface area contributed by atoms with Crippen LogP contribution in [0.5, 0.6) is 0 Å². The molecular weight excluding hydrogens is 212 g/mol. The van der Waals surface area contributed by atoms with E-state index in [2.05, 4.69) is 10.6 Å². The van der Waals surface area contributed by atoms with Crippen molar-refractivity contribution in [1.29, 1.82) is 0 Å². The van der Waals surface area contributed by atoms with Gasteiger partial charge in [0.25, 0.3) is 0 Å². The summed E-state index contributed by atoms with van der Waals surface area (Å²) in [7, 11) is 1.61. The summed E-state index contributed by atoms with van der Waals surface area (Å²) in [6, 6.07) is -0.630. The molecule has 0 saturated carbocycles. The maximum atomic E-state index is 11.7. The standard InChI is InChI=1S/C10H18N2O4/c1-6(3-9(13)14)12-10(15)8-4-7(16-2)5-11-8/h6-8,11H,3-5H2,1-2H3,(H,12,15)(H,13,14). The van der Waals surface area contributed by atoms with Crippen LogP contribution in [0.25, 0.3) is 0 Å². The van der Waals surface area contributed by atoms with Crippen molar-refractivity contribution < 1.29 is 19.4 Å². The molecular formula is C10H18N2O4. The number of ether oxygens (including phenoxy) is 1. The zero-order valence-electron chi connectivity index (χ0n) is 9.53. The lowest BCUT2D eigenvalue weighted by Crippen LogP contribution is -2.44. The van der Waals surface area contributed by atoms with Gasteiger partial charge >= 0.3 is 5.97 Å². The van der Waals surface area contributed by atoms with Gasteiger partial charge in [-0.3, -0.25) is 9.59 Å². The van der Waals surface area contributed by atoms with Gasteiger partial charge in [0, 0.05) is 19.7 Å². The zero-order valence-corrected chi connectivity index (χ0v) is 9.53. The van der Waals surface area contributed by atoms with E-state index in [0.717, 1.165) is 0 Å². The summed E-state index contributed by atoms with van der Waals surface area (Å²) in [5.74, 6) is -1.07. The molecule has 1 amide bonds. The van der Waals surface area contributed by atoms with Crippen molar-refractivity contribution in [1.82, 2.24) is 10.6 Å². The minimum atomic E-state index is -0.915. The third-order valence-electron chi connectivity index (χ3n) is 2.61. The molecule has 0 spiro atoms. The predicted molar refractivity (Wildman–Crippen MR) is 57.1 cm³/mol. The Balaban J connectivity index is 2.33. The second-order valence-electron chi connectivity index (χ2n) is 4.06. The molecule has 3 unspecified atom stereocenters. The number of carboxylic acids is 1. The lowest BCUT2D eigenvalue weighted by molar-refractivity contribution is -0.137. The molecule has 1 fully saturated rings. The number of amides is 1. The van der Waals surface area contributed by atoms with Crippen LogP contribution >= 0.6 is 0 Å². The van der Waals surface area contributed by atoms with Gasteiger partial charge < -0.3 is 20.5 Å². The van der Waals surface area contributed by atoms with Crippen molar-refractivity contribution in [2.45, 2.75) is 38.0 Å². The van der Waals surface area contributed by atoms with Crippen LogP contribution < -0.4 is 10.6 Å². The second-order valence-corrected chi connectivity index (χ2v) is 4.06. The largest absolute Gasteiger partial charge is 0.481 e. The Bertz CT molecular complexity index is 270. The molecule has 1 saturated heterocycles. The highest BCUT2D eigenvalue weighted by molar-refractivity contribution is 5.83. The van der Waals surface area contributed by atoms with Crippen LogP contribution in [-0.2, 0) is 14.3 Å². The fourth-order valence-electron chi connectivity index (χ4n) is 1.74. The first-order chi connectivity index (χ1) is 7.52. The molecule has 6 nitrogen and oxygen atoms in total. The molecule has 0 aromatic rings. The Morgan fingerprint density at radius 3 is 2.81 bits per heavy atom. The number of hydrogen-bond acceptors (Lipinski definition) is 4. The molecule has 0 radical (unpaired) electrons. The zero-order chi connectivity index (χ0) is 12.1. The Morgan fingerprint density at radius 2 is 2.31 bits per heavy atom. The molecule has 1 rings (SSSR count). The molecule has 0 bridgehead atoms. The molecule has 1 heterocycles. The summed E-state index contributed by atoms with van der Waals surface area (Å²) in [5, 5.41) is 14.2. The van der Waals surface area contributed by atoms with Crippen molar-refractivity contribution >= 4 is 11.9 Å². The van der Waals surface area contributed by atoms with Gasteiger partial charge in [0.15, 0.2) is 0 Å². The minimum absolute atomic E-state index is 0.0607. The van der Waals surface area contributed by atoms with Crippen LogP contribution in [0.15, 0.2) is 0 Å². The van der Waals surface area contributed by atoms with Crippen LogP contribution in [0.1, 0.15) is 19.8 Å². The first kappa shape index (κ1) is 12.9. The van der Waals surface area contributed by atoms with Crippen LogP contribution in [0.2, 0.25) is 0 Å². The SMILES string of the molecule is COC1CNC(C(=O)NC(C)CC(=O)O)C1. The van der Waals surface area contributed by atoms with Crippen LogP contribution in [0.3, 0.4) is 0 Å². The summed E-state index contributed by atoms with van der Waals surface area (Å²) in [4.78, 5) is 22.1. The maximum absolute atomic E-state index is 11.7. The van der Waals surface area contributed by atoms with E-state index < -0.39 is 5.97 Å². The van der Waals surface area contributed by atoms with Crippen molar-refractivity contribution in [2.75, 3.05) is 13.7 Å². The summed E-state index contributed by atoms with van der Waals surface area (Å²) in [6.45, 7) is 2.33. The van der Waals surface area contributed by atoms with Gasteiger partial charge in [-0.25, -0.2) is 0 Å². The van der Waals surface area contributed by atoms with E-state index in [4.69, 9.17) is 9.84 Å². The van der Waals surface area contributed by atoms with Crippen LogP contribution in [0.4, 0.5) is 0 Å². The monoisotopic (exact) mass is 230 g/mol. The molecule has 16 heavy (non-hydrogen) atoms. The Labute approximate surface area is 94.3 Å². The van der Waals surface area contributed by atoms with E-state index in [1.165, 1.54) is 0 Å². The van der Waals surface area contributed by atoms with Crippen molar-refractivity contribution in [3.8, 4) is 0 Å². The molecule has 6 heteroatoms. The van der Waals surface area contributed by atoms with Crippen molar-refractivity contribution in [3.63, 3.8) is 0 Å². The van der Waals surface area contributed by atoms with Gasteiger partial charge in [-0.2, -0.15) is 0 Å². The van der Waals surface area contributed by atoms with E-state index in [1.54, 1.807) is 14.0 Å². The van der Waals surface area contributed by atoms with Crippen molar-refractivity contribution in [3.05, 3.63) is 0 Å². The third kappa shape index (κ3) is 3.79.